The first kappa shape index (κ1) is 24.3. The Morgan fingerprint density at radius 1 is 1.08 bits per heavy atom. The van der Waals surface area contributed by atoms with Crippen LogP contribution >= 0.6 is 22.6 Å². The zero-order valence-corrected chi connectivity index (χ0v) is 20.8. The molecule has 0 saturated carbocycles. The Labute approximate surface area is 218 Å². The highest BCUT2D eigenvalue weighted by Crippen LogP contribution is 2.37. The van der Waals surface area contributed by atoms with Crippen LogP contribution in [0.15, 0.2) is 73.2 Å². The van der Waals surface area contributed by atoms with Crippen LogP contribution in [0.4, 0.5) is 10.2 Å². The second kappa shape index (κ2) is 10.3. The molecule has 1 saturated heterocycles. The highest BCUT2D eigenvalue weighted by molar-refractivity contribution is 14.1. The molecule has 2 aromatic carbocycles. The summed E-state index contributed by atoms with van der Waals surface area (Å²) < 4.78 is 28.3. The minimum absolute atomic E-state index is 0.263. The van der Waals surface area contributed by atoms with Gasteiger partial charge in [-0.15, -0.1) is 0 Å². The van der Waals surface area contributed by atoms with E-state index in [-0.39, 0.29) is 18.3 Å². The molecular weight excluding hydrogens is 582 g/mol. The number of rotatable bonds is 6. The number of alkyl halides is 1. The van der Waals surface area contributed by atoms with Gasteiger partial charge in [-0.2, -0.15) is 0 Å². The molecule has 36 heavy (non-hydrogen) atoms. The number of carbonyl (C=O) groups excluding carboxylic acids is 2. The van der Waals surface area contributed by atoms with Crippen molar-refractivity contribution in [2.24, 2.45) is 0 Å². The molecule has 11 heteroatoms. The summed E-state index contributed by atoms with van der Waals surface area (Å²) in [6, 6.07) is 17.0. The Kier molecular flexibility index (Phi) is 6.94. The van der Waals surface area contributed by atoms with Crippen molar-refractivity contribution >= 4 is 51.3 Å². The van der Waals surface area contributed by atoms with Gasteiger partial charge >= 0.3 is 5.97 Å². The average Bonchev–Trinajstić information content (AvgIpc) is 3.39. The normalized spacial score (nSPS) is 21.4. The third kappa shape index (κ3) is 4.68. The van der Waals surface area contributed by atoms with Crippen LogP contribution in [-0.2, 0) is 9.47 Å². The Balaban J connectivity index is 1.36. The number of aromatic nitrogens is 3. The van der Waals surface area contributed by atoms with Crippen LogP contribution in [-0.4, -0.2) is 56.5 Å². The minimum atomic E-state index is -1.81. The van der Waals surface area contributed by atoms with Gasteiger partial charge in [0.25, 0.3) is 5.91 Å². The zero-order valence-electron chi connectivity index (χ0n) is 18.6. The number of hydrogen-bond donors (Lipinski definition) is 2. The lowest BCUT2D eigenvalue weighted by Crippen LogP contribution is -2.32. The van der Waals surface area contributed by atoms with Crippen molar-refractivity contribution in [2.45, 2.75) is 24.6 Å². The predicted molar refractivity (Wildman–Crippen MR) is 136 cm³/mol. The summed E-state index contributed by atoms with van der Waals surface area (Å²) >= 11 is 2.04. The maximum absolute atomic E-state index is 15.2. The molecule has 1 aliphatic heterocycles. The van der Waals surface area contributed by atoms with E-state index in [0.717, 1.165) is 0 Å². The Morgan fingerprint density at radius 3 is 2.44 bits per heavy atom. The zero-order chi connectivity index (χ0) is 25.2. The number of halogens is 2. The van der Waals surface area contributed by atoms with Crippen molar-refractivity contribution in [2.75, 3.05) is 11.9 Å². The van der Waals surface area contributed by atoms with Crippen molar-refractivity contribution in [3.8, 4) is 0 Å². The van der Waals surface area contributed by atoms with Gasteiger partial charge in [0, 0.05) is 15.3 Å². The fourth-order valence-electron chi connectivity index (χ4n) is 3.98. The summed E-state index contributed by atoms with van der Waals surface area (Å²) in [7, 11) is 0. The van der Waals surface area contributed by atoms with E-state index in [2.05, 4.69) is 15.3 Å². The number of hydrogen-bond acceptors (Lipinski definition) is 7. The van der Waals surface area contributed by atoms with Crippen LogP contribution in [0, 0.1) is 3.57 Å². The molecule has 2 N–H and O–H groups in total. The molecular formula is C25H20FIN4O5. The van der Waals surface area contributed by atoms with Crippen LogP contribution < -0.4 is 5.32 Å². The van der Waals surface area contributed by atoms with E-state index >= 15 is 4.39 Å². The third-order valence-corrected chi connectivity index (χ3v) is 6.61. The number of fused-ring (bicyclic) bond motifs is 1. The molecule has 1 amide bonds. The van der Waals surface area contributed by atoms with E-state index in [4.69, 9.17) is 9.47 Å². The first-order valence-corrected chi connectivity index (χ1v) is 12.1. The number of ether oxygens (including phenoxy) is 2. The molecule has 1 fully saturated rings. The molecule has 3 heterocycles. The van der Waals surface area contributed by atoms with E-state index < -0.39 is 30.6 Å². The Hall–Kier alpha value is -3.42. The summed E-state index contributed by atoms with van der Waals surface area (Å²) in [5, 5.41) is 13.7. The van der Waals surface area contributed by atoms with Gasteiger partial charge in [-0.1, -0.05) is 36.4 Å². The van der Waals surface area contributed by atoms with E-state index in [1.165, 1.54) is 10.9 Å². The number of carbonyl (C=O) groups is 2. The van der Waals surface area contributed by atoms with Crippen molar-refractivity contribution in [1.29, 1.82) is 0 Å². The van der Waals surface area contributed by atoms with Crippen molar-refractivity contribution in [1.82, 2.24) is 14.5 Å². The number of nitrogens with one attached hydrogen (secondary N) is 1. The van der Waals surface area contributed by atoms with E-state index in [0.29, 0.717) is 25.7 Å². The summed E-state index contributed by atoms with van der Waals surface area (Å²) in [5.41, 5.74) is 1.11. The Morgan fingerprint density at radius 2 is 1.75 bits per heavy atom. The lowest BCUT2D eigenvalue weighted by Gasteiger charge is -2.16. The second-order valence-corrected chi connectivity index (χ2v) is 9.25. The molecule has 4 aromatic rings. The molecule has 1 aliphatic rings. The summed E-state index contributed by atoms with van der Waals surface area (Å²) in [6.45, 7) is -0.324. The van der Waals surface area contributed by atoms with Gasteiger partial charge < -0.3 is 24.5 Å². The molecule has 9 nitrogen and oxygen atoms in total. The largest absolute Gasteiger partial charge is 0.459 e. The molecule has 2 aromatic heterocycles. The maximum Gasteiger partial charge on any atom is 0.338 e. The van der Waals surface area contributed by atoms with E-state index in [9.17, 15) is 14.7 Å². The van der Waals surface area contributed by atoms with Crippen molar-refractivity contribution in [3.63, 3.8) is 0 Å². The molecule has 0 bridgehead atoms. The number of amides is 1. The predicted octanol–water partition coefficient (Wildman–Crippen LogP) is 3.74. The molecule has 0 spiro atoms. The van der Waals surface area contributed by atoms with Gasteiger partial charge in [-0.25, -0.2) is 19.2 Å². The van der Waals surface area contributed by atoms with Crippen LogP contribution in [0.25, 0.3) is 11.0 Å². The van der Waals surface area contributed by atoms with Crippen LogP contribution in [0.2, 0.25) is 0 Å². The third-order valence-electron chi connectivity index (χ3n) is 5.79. The molecule has 0 aliphatic carbocycles. The molecule has 0 unspecified atom stereocenters. The van der Waals surface area contributed by atoms with Gasteiger partial charge in [0.15, 0.2) is 12.4 Å². The lowest BCUT2D eigenvalue weighted by atomic mass is 10.1. The number of esters is 1. The number of aliphatic hydroxyl groups excluding tert-OH is 1. The maximum atomic E-state index is 15.2. The van der Waals surface area contributed by atoms with Gasteiger partial charge in [0.05, 0.1) is 10.9 Å². The second-order valence-electron chi connectivity index (χ2n) is 8.09. The molecule has 184 valence electrons. The van der Waals surface area contributed by atoms with Gasteiger partial charge in [-0.3, -0.25) is 4.79 Å². The first-order valence-electron chi connectivity index (χ1n) is 11.0. The van der Waals surface area contributed by atoms with E-state index in [1.807, 2.05) is 28.7 Å². The Bertz CT molecular complexity index is 1400. The van der Waals surface area contributed by atoms with Gasteiger partial charge in [0.1, 0.15) is 36.6 Å². The SMILES string of the molecule is O=C(Nc1ncnc2c1c(I)cn2[C@@H]1O[C@H](COC(=O)c2ccccc2)[C@@H](O)[C@@H]1F)c1ccccc1. The van der Waals surface area contributed by atoms with Gasteiger partial charge in [0.2, 0.25) is 0 Å². The topological polar surface area (TPSA) is 116 Å². The first-order chi connectivity index (χ1) is 17.4. The standard InChI is InChI=1S/C25H20FIN4O5/c26-19-20(32)17(12-35-25(34)15-9-5-2-6-10-15)36-24(19)31-11-16(27)18-21(28-13-29-22(18)31)30-23(33)14-7-3-1-4-8-14/h1-11,13,17,19-20,24,32H,12H2,(H,28,29,30,33)/t17-,19+,20-,24-/m1/s1. The fourth-order valence-corrected chi connectivity index (χ4v) is 4.78. The van der Waals surface area contributed by atoms with Crippen LogP contribution in [0.1, 0.15) is 26.9 Å². The molecule has 0 radical (unpaired) electrons. The molecule has 5 rings (SSSR count). The molecule has 4 atom stereocenters. The highest BCUT2D eigenvalue weighted by Gasteiger charge is 2.46. The summed E-state index contributed by atoms with van der Waals surface area (Å²) in [5.74, 6) is -0.688. The fraction of sp³-hybridized carbons (Fsp3) is 0.200. The number of anilines is 1. The van der Waals surface area contributed by atoms with Crippen LogP contribution in [0.3, 0.4) is 0 Å². The lowest BCUT2D eigenvalue weighted by molar-refractivity contribution is -0.0527. The smallest absolute Gasteiger partial charge is 0.338 e. The van der Waals surface area contributed by atoms with E-state index in [1.54, 1.807) is 60.8 Å². The van der Waals surface area contributed by atoms with Crippen molar-refractivity contribution < 1.29 is 28.6 Å². The summed E-state index contributed by atoms with van der Waals surface area (Å²) in [6.07, 6.45) is -2.76. The number of benzene rings is 2. The van der Waals surface area contributed by atoms with Crippen molar-refractivity contribution in [3.05, 3.63) is 87.9 Å². The summed E-state index contributed by atoms with van der Waals surface area (Å²) in [4.78, 5) is 33.4. The minimum Gasteiger partial charge on any atom is -0.459 e. The number of aliphatic hydroxyl groups is 1. The average molecular weight is 602 g/mol. The monoisotopic (exact) mass is 602 g/mol. The quantitative estimate of drug-likeness (QED) is 0.255. The van der Waals surface area contributed by atoms with Gasteiger partial charge in [-0.05, 0) is 46.9 Å². The highest BCUT2D eigenvalue weighted by atomic mass is 127. The number of nitrogens with zero attached hydrogens (tertiary/aromatic N) is 3. The van der Waals surface area contributed by atoms with Crippen LogP contribution in [0.5, 0.6) is 0 Å².